The molecule has 7 rings (SSSR count). The molecule has 1 saturated heterocycles. The Morgan fingerprint density at radius 2 is 1.26 bits per heavy atom. The largest absolute Gasteiger partial charge is 0.293 e. The number of Topliss-reactive ketones (excluding diaryl/α,β-unsaturated/α-hetero) is 3. The molecule has 3 aliphatic rings. The van der Waals surface area contributed by atoms with E-state index < -0.39 is 16.9 Å². The predicted octanol–water partition coefficient (Wildman–Crippen LogP) is 5.03. The third-order valence-corrected chi connectivity index (χ3v) is 8.32. The molecule has 0 unspecified atom stereocenters. The molecule has 1 heterocycles. The molecule has 0 aromatic heterocycles. The molecule has 2 spiro atoms. The molecule has 34 heavy (non-hydrogen) atoms. The van der Waals surface area contributed by atoms with Gasteiger partial charge in [0.2, 0.25) is 0 Å². The summed E-state index contributed by atoms with van der Waals surface area (Å²) in [5.74, 6) is -1.11. The summed E-state index contributed by atoms with van der Waals surface area (Å²) in [5.41, 5.74) is 0.113. The molecule has 4 aromatic carbocycles. The molecule has 0 amide bonds. The molecule has 1 aliphatic heterocycles. The van der Waals surface area contributed by atoms with Crippen molar-refractivity contribution >= 4 is 28.1 Å². The molecule has 2 atom stereocenters. The number of carbonyl (C=O) groups is 3. The average molecular weight is 444 g/mol. The topological polar surface area (TPSA) is 54.5 Å². The number of benzene rings is 4. The Hall–Kier alpha value is -3.89. The highest BCUT2D eigenvalue weighted by Gasteiger charge is 2.78. The molecular weight excluding hydrogens is 422 g/mol. The second-order valence-corrected chi connectivity index (χ2v) is 9.60. The van der Waals surface area contributed by atoms with Gasteiger partial charge in [-0.15, -0.1) is 0 Å². The molecule has 4 heteroatoms. The maximum atomic E-state index is 14.5. The van der Waals surface area contributed by atoms with E-state index in [4.69, 9.17) is 0 Å². The normalized spacial score (nSPS) is 24.6. The molecule has 0 N–H and O–H groups in total. The third kappa shape index (κ3) is 1.91. The molecule has 0 saturated carbocycles. The van der Waals surface area contributed by atoms with E-state index in [0.29, 0.717) is 23.2 Å². The van der Waals surface area contributed by atoms with Gasteiger partial charge in [-0.3, -0.25) is 19.3 Å². The lowest BCUT2D eigenvalue weighted by Crippen LogP contribution is -2.59. The van der Waals surface area contributed by atoms with Gasteiger partial charge in [0, 0.05) is 29.2 Å². The monoisotopic (exact) mass is 443 g/mol. The van der Waals surface area contributed by atoms with Crippen molar-refractivity contribution in [3.63, 3.8) is 0 Å². The Morgan fingerprint density at radius 3 is 1.94 bits per heavy atom. The quantitative estimate of drug-likeness (QED) is 0.388. The van der Waals surface area contributed by atoms with Crippen LogP contribution in [0, 0.1) is 5.41 Å². The second kappa shape index (κ2) is 6.37. The average Bonchev–Trinajstić information content (AvgIpc) is 3.40. The first kappa shape index (κ1) is 19.6. The van der Waals surface area contributed by atoms with Gasteiger partial charge in [0.05, 0.1) is 0 Å². The van der Waals surface area contributed by atoms with E-state index in [1.54, 1.807) is 24.3 Å². The van der Waals surface area contributed by atoms with Crippen LogP contribution in [0.25, 0.3) is 10.8 Å². The van der Waals surface area contributed by atoms with Crippen LogP contribution in [-0.2, 0) is 5.54 Å². The molecule has 1 fully saturated rings. The van der Waals surface area contributed by atoms with Crippen LogP contribution in [0.5, 0.6) is 0 Å². The second-order valence-electron chi connectivity index (χ2n) is 9.60. The summed E-state index contributed by atoms with van der Waals surface area (Å²) in [6, 6.07) is 28.3. The molecule has 0 bridgehead atoms. The first-order valence-electron chi connectivity index (χ1n) is 11.6. The standard InChI is InChI=1S/C30H21NO3/c1-31-17-24(18-9-3-2-4-10-18)29(26(32)20-13-5-6-14-21(20)27(29)33)30(31)23-16-8-12-19-11-7-15-22(25(19)23)28(30)34/h2-16,24H,17H2,1H3/t24-,30-/m0/s1. The van der Waals surface area contributed by atoms with Gasteiger partial charge in [-0.1, -0.05) is 91.0 Å². The zero-order chi connectivity index (χ0) is 23.2. The number of rotatable bonds is 1. The van der Waals surface area contributed by atoms with Crippen LogP contribution in [0.2, 0.25) is 0 Å². The Morgan fingerprint density at radius 1 is 0.676 bits per heavy atom. The van der Waals surface area contributed by atoms with Gasteiger partial charge in [0.25, 0.3) is 0 Å². The van der Waals surface area contributed by atoms with Crippen molar-refractivity contribution < 1.29 is 14.4 Å². The molecule has 164 valence electrons. The summed E-state index contributed by atoms with van der Waals surface area (Å²) in [6.07, 6.45) is 0. The van der Waals surface area contributed by atoms with Crippen LogP contribution < -0.4 is 0 Å². The highest BCUT2D eigenvalue weighted by Crippen LogP contribution is 2.67. The Bertz CT molecular complexity index is 1530. The van der Waals surface area contributed by atoms with Crippen LogP contribution in [-0.4, -0.2) is 35.8 Å². The van der Waals surface area contributed by atoms with Crippen molar-refractivity contribution in [1.82, 2.24) is 4.90 Å². The van der Waals surface area contributed by atoms with Crippen molar-refractivity contribution in [3.8, 4) is 0 Å². The Balaban J connectivity index is 1.64. The van der Waals surface area contributed by atoms with Crippen molar-refractivity contribution in [2.75, 3.05) is 13.6 Å². The zero-order valence-electron chi connectivity index (χ0n) is 18.6. The van der Waals surface area contributed by atoms with E-state index in [1.807, 2.05) is 78.7 Å². The van der Waals surface area contributed by atoms with Crippen molar-refractivity contribution in [3.05, 3.63) is 119 Å². The maximum Gasteiger partial charge on any atom is 0.189 e. The third-order valence-electron chi connectivity index (χ3n) is 8.32. The number of nitrogens with zero attached hydrogens (tertiary/aromatic N) is 1. The minimum atomic E-state index is -1.57. The van der Waals surface area contributed by atoms with Crippen molar-refractivity contribution in [1.29, 1.82) is 0 Å². The van der Waals surface area contributed by atoms with Crippen LogP contribution in [0.4, 0.5) is 0 Å². The van der Waals surface area contributed by atoms with E-state index >= 15 is 0 Å². The number of likely N-dealkylation sites (N-methyl/N-ethyl adjacent to an activating group) is 1. The number of ketones is 3. The van der Waals surface area contributed by atoms with Gasteiger partial charge in [-0.2, -0.15) is 0 Å². The summed E-state index contributed by atoms with van der Waals surface area (Å²) in [6.45, 7) is 0.422. The van der Waals surface area contributed by atoms with Gasteiger partial charge in [-0.05, 0) is 28.9 Å². The first-order chi connectivity index (χ1) is 16.5. The van der Waals surface area contributed by atoms with Crippen LogP contribution in [0.1, 0.15) is 48.1 Å². The number of likely N-dealkylation sites (tertiary alicyclic amines) is 1. The maximum absolute atomic E-state index is 14.5. The first-order valence-corrected chi connectivity index (χ1v) is 11.6. The summed E-state index contributed by atoms with van der Waals surface area (Å²) in [5, 5.41) is 1.80. The highest BCUT2D eigenvalue weighted by atomic mass is 16.2. The lowest BCUT2D eigenvalue weighted by molar-refractivity contribution is 0.0320. The minimum absolute atomic E-state index is 0.158. The number of fused-ring (bicyclic) bond motifs is 3. The fourth-order valence-electron chi connectivity index (χ4n) is 7.11. The van der Waals surface area contributed by atoms with Gasteiger partial charge < -0.3 is 0 Å². The summed E-state index contributed by atoms with van der Waals surface area (Å²) < 4.78 is 0. The van der Waals surface area contributed by atoms with E-state index in [-0.39, 0.29) is 17.3 Å². The minimum Gasteiger partial charge on any atom is -0.293 e. The van der Waals surface area contributed by atoms with Gasteiger partial charge >= 0.3 is 0 Å². The Kier molecular flexibility index (Phi) is 3.66. The molecule has 4 nitrogen and oxygen atoms in total. The number of hydrogen-bond acceptors (Lipinski definition) is 4. The van der Waals surface area contributed by atoms with E-state index in [2.05, 4.69) is 0 Å². The van der Waals surface area contributed by atoms with Crippen LogP contribution in [0.3, 0.4) is 0 Å². The van der Waals surface area contributed by atoms with Gasteiger partial charge in [0.1, 0.15) is 11.0 Å². The fourth-order valence-corrected chi connectivity index (χ4v) is 7.11. The van der Waals surface area contributed by atoms with E-state index in [1.165, 1.54) is 0 Å². The molecular formula is C30H21NO3. The van der Waals surface area contributed by atoms with Gasteiger partial charge in [-0.25, -0.2) is 0 Å². The lowest BCUT2D eigenvalue weighted by atomic mass is 9.57. The van der Waals surface area contributed by atoms with Crippen LogP contribution in [0.15, 0.2) is 91.0 Å². The summed E-state index contributed by atoms with van der Waals surface area (Å²) >= 11 is 0. The lowest BCUT2D eigenvalue weighted by Gasteiger charge is -2.43. The Labute approximate surface area is 196 Å². The number of hydrogen-bond donors (Lipinski definition) is 0. The highest BCUT2D eigenvalue weighted by molar-refractivity contribution is 6.36. The zero-order valence-corrected chi connectivity index (χ0v) is 18.6. The SMILES string of the molecule is CN1C[C@@H](c2ccccc2)C2(C(=O)c3ccccc3C2=O)[C@]12C(=O)c1cccc3cccc2c13. The van der Waals surface area contributed by atoms with Crippen LogP contribution >= 0.6 is 0 Å². The molecule has 2 aliphatic carbocycles. The van der Waals surface area contributed by atoms with Crippen molar-refractivity contribution in [2.24, 2.45) is 5.41 Å². The fraction of sp³-hybridized carbons (Fsp3) is 0.167. The van der Waals surface area contributed by atoms with Gasteiger partial charge in [0.15, 0.2) is 17.3 Å². The smallest absolute Gasteiger partial charge is 0.189 e. The number of carbonyl (C=O) groups excluding carboxylic acids is 3. The predicted molar refractivity (Wildman–Crippen MR) is 129 cm³/mol. The summed E-state index contributed by atoms with van der Waals surface area (Å²) in [7, 11) is 1.89. The van der Waals surface area contributed by atoms with E-state index in [9.17, 15) is 14.4 Å². The van der Waals surface area contributed by atoms with Crippen molar-refractivity contribution in [2.45, 2.75) is 11.5 Å². The van der Waals surface area contributed by atoms with E-state index in [0.717, 1.165) is 21.9 Å². The molecule has 4 aromatic rings. The molecule has 0 radical (unpaired) electrons. The summed E-state index contributed by atoms with van der Waals surface area (Å²) in [4.78, 5) is 45.6.